The molecule has 0 fully saturated rings. The largest absolute Gasteiger partial charge is 0.352 e. The van der Waals surface area contributed by atoms with E-state index in [4.69, 9.17) is 33.6 Å². The van der Waals surface area contributed by atoms with Gasteiger partial charge in [-0.3, -0.25) is 0 Å². The second kappa shape index (κ2) is 37.8. The van der Waals surface area contributed by atoms with E-state index in [9.17, 15) is 0 Å². The van der Waals surface area contributed by atoms with E-state index in [1.54, 1.807) is 0 Å². The van der Waals surface area contributed by atoms with Crippen molar-refractivity contribution < 1.29 is 33.6 Å². The Kier molecular flexibility index (Phi) is 58.7. The van der Waals surface area contributed by atoms with E-state index in [0.717, 1.165) is 0 Å². The third kappa shape index (κ3) is 316. The van der Waals surface area contributed by atoms with Crippen LogP contribution in [0.5, 0.6) is 0 Å². The first-order chi connectivity index (χ1) is 12.1. The molecule has 0 unspecified atom stereocenters. The first-order valence-corrected chi connectivity index (χ1v) is 5.47. The lowest BCUT2D eigenvalue weighted by Crippen LogP contribution is -2.18. The molecule has 0 atom stereocenters. The first kappa shape index (κ1) is 43.4. The lowest BCUT2D eigenvalue weighted by Gasteiger charge is -1.62. The molecule has 0 saturated heterocycles. The number of rotatable bonds is 0. The minimum absolute atomic E-state index is 0.833. The van der Waals surface area contributed by atoms with Crippen molar-refractivity contribution in [3.63, 3.8) is 0 Å². The van der Waals surface area contributed by atoms with E-state index >= 15 is 0 Å². The summed E-state index contributed by atoms with van der Waals surface area (Å²) in [5.74, 6) is 0. The molecule has 14 amide bonds. The zero-order chi connectivity index (χ0) is 25.0. The zero-order valence-corrected chi connectivity index (χ0v) is 14.4. The van der Waals surface area contributed by atoms with Crippen LogP contribution in [0.3, 0.4) is 0 Å². The minimum Gasteiger partial charge on any atom is -0.352 e. The van der Waals surface area contributed by atoms with Crippen molar-refractivity contribution in [2.24, 2.45) is 80.3 Å². The van der Waals surface area contributed by atoms with Gasteiger partial charge in [-0.1, -0.05) is 0 Å². The van der Waals surface area contributed by atoms with Crippen LogP contribution < -0.4 is 80.3 Å². The number of urea groups is 7. The summed E-state index contributed by atoms with van der Waals surface area (Å²) < 4.78 is 0. The molecule has 0 heterocycles. The highest BCUT2D eigenvalue weighted by Crippen LogP contribution is 1.27. The monoisotopic (exact) mass is 420 g/mol. The molecular formula is C7H28N14O7. The van der Waals surface area contributed by atoms with E-state index in [0.29, 0.717) is 0 Å². The van der Waals surface area contributed by atoms with Crippen molar-refractivity contribution in [3.8, 4) is 0 Å². The standard InChI is InChI=1S/7CH4N2O/c7*2-1(3)4/h7*(H4,2,3,4). The van der Waals surface area contributed by atoms with Crippen LogP contribution in [0, 0.1) is 0 Å². The zero-order valence-electron chi connectivity index (χ0n) is 14.4. The van der Waals surface area contributed by atoms with E-state index in [2.05, 4.69) is 80.3 Å². The third-order valence-corrected chi connectivity index (χ3v) is 0. The predicted molar refractivity (Wildman–Crippen MR) is 96.4 cm³/mol. The van der Waals surface area contributed by atoms with Gasteiger partial charge >= 0.3 is 42.2 Å². The fraction of sp³-hybridized carbons (Fsp3) is 0. The summed E-state index contributed by atoms with van der Waals surface area (Å²) in [5, 5.41) is 0. The molecule has 28 N–H and O–H groups in total. The van der Waals surface area contributed by atoms with Crippen LogP contribution in [-0.4, -0.2) is 42.2 Å². The van der Waals surface area contributed by atoms with Crippen LogP contribution in [0.4, 0.5) is 33.6 Å². The second-order valence-corrected chi connectivity index (χ2v) is 2.82. The normalized spacial score (nSPS) is 6.00. The maximum atomic E-state index is 9.00. The van der Waals surface area contributed by atoms with Gasteiger partial charge in [0.15, 0.2) is 0 Å². The van der Waals surface area contributed by atoms with Crippen molar-refractivity contribution >= 4 is 42.2 Å². The maximum Gasteiger partial charge on any atom is 0.309 e. The Balaban J connectivity index is -0.0000000367. The molecule has 0 aliphatic rings. The van der Waals surface area contributed by atoms with Crippen LogP contribution in [0.25, 0.3) is 0 Å². The summed E-state index contributed by atoms with van der Waals surface area (Å²) in [7, 11) is 0. The van der Waals surface area contributed by atoms with Gasteiger partial charge in [-0.05, 0) is 0 Å². The highest BCUT2D eigenvalue weighted by atomic mass is 16.2. The Labute approximate surface area is 157 Å². The lowest BCUT2D eigenvalue weighted by molar-refractivity contribution is 0.255. The molecule has 0 aliphatic carbocycles. The Hall–Kier alpha value is -5.11. The van der Waals surface area contributed by atoms with Crippen molar-refractivity contribution in [3.05, 3.63) is 0 Å². The van der Waals surface area contributed by atoms with Crippen molar-refractivity contribution in [2.75, 3.05) is 0 Å². The smallest absolute Gasteiger partial charge is 0.309 e. The number of primary amides is 14. The van der Waals surface area contributed by atoms with Gasteiger partial charge in [0.05, 0.1) is 0 Å². The van der Waals surface area contributed by atoms with E-state index in [1.165, 1.54) is 0 Å². The molecule has 0 aromatic carbocycles. The molecule has 28 heavy (non-hydrogen) atoms. The molecule has 0 rings (SSSR count). The molecule has 21 nitrogen and oxygen atoms in total. The molecule has 0 aromatic heterocycles. The number of hydrogen-bond acceptors (Lipinski definition) is 7. The van der Waals surface area contributed by atoms with Gasteiger partial charge in [-0.2, -0.15) is 0 Å². The van der Waals surface area contributed by atoms with Gasteiger partial charge in [-0.15, -0.1) is 0 Å². The highest BCUT2D eigenvalue weighted by Gasteiger charge is 1.62. The molecule has 0 saturated carbocycles. The molecule has 0 aliphatic heterocycles. The summed E-state index contributed by atoms with van der Waals surface area (Å²) in [6.07, 6.45) is 0. The molecule has 0 radical (unpaired) electrons. The molecular weight excluding hydrogens is 392 g/mol. The minimum atomic E-state index is -0.833. The summed E-state index contributed by atoms with van der Waals surface area (Å²) >= 11 is 0. The third-order valence-electron chi connectivity index (χ3n) is 0. The lowest BCUT2D eigenvalue weighted by atomic mass is 11.2. The van der Waals surface area contributed by atoms with Crippen LogP contribution in [0.1, 0.15) is 0 Å². The fourth-order valence-corrected chi connectivity index (χ4v) is 0. The Morgan fingerprint density at radius 3 is 0.214 bits per heavy atom. The summed E-state index contributed by atoms with van der Waals surface area (Å²) in [5.41, 5.74) is 59.5. The Morgan fingerprint density at radius 1 is 0.214 bits per heavy atom. The van der Waals surface area contributed by atoms with Crippen LogP contribution in [0.15, 0.2) is 0 Å². The molecule has 168 valence electrons. The first-order valence-electron chi connectivity index (χ1n) is 5.47. The molecule has 0 bridgehead atoms. The Bertz CT molecular complexity index is 321. The predicted octanol–water partition coefficient (Wildman–Crippen LogP) is -6.83. The van der Waals surface area contributed by atoms with Crippen LogP contribution in [0.2, 0.25) is 0 Å². The average Bonchev–Trinajstić information content (AvgIpc) is 2.20. The SMILES string of the molecule is NC(N)=O.NC(N)=O.NC(N)=O.NC(N)=O.NC(N)=O.NC(N)=O.NC(N)=O. The molecule has 0 aromatic rings. The topological polar surface area (TPSA) is 484 Å². The van der Waals surface area contributed by atoms with E-state index < -0.39 is 42.2 Å². The summed E-state index contributed by atoms with van der Waals surface area (Å²) in [6.45, 7) is 0. The van der Waals surface area contributed by atoms with Crippen molar-refractivity contribution in [1.82, 2.24) is 0 Å². The summed E-state index contributed by atoms with van der Waals surface area (Å²) in [6, 6.07) is -5.83. The fourth-order valence-electron chi connectivity index (χ4n) is 0. The van der Waals surface area contributed by atoms with Gasteiger partial charge in [0.25, 0.3) is 0 Å². The van der Waals surface area contributed by atoms with Crippen LogP contribution >= 0.6 is 0 Å². The van der Waals surface area contributed by atoms with Gasteiger partial charge in [-0.25, -0.2) is 33.6 Å². The summed E-state index contributed by atoms with van der Waals surface area (Å²) in [4.78, 5) is 63.0. The van der Waals surface area contributed by atoms with Crippen LogP contribution in [-0.2, 0) is 0 Å². The Morgan fingerprint density at radius 2 is 0.214 bits per heavy atom. The second-order valence-electron chi connectivity index (χ2n) is 2.82. The number of carbonyl (C=O) groups excluding carboxylic acids is 7. The van der Waals surface area contributed by atoms with Gasteiger partial charge in [0.1, 0.15) is 0 Å². The molecule has 0 spiro atoms. The van der Waals surface area contributed by atoms with E-state index in [1.807, 2.05) is 0 Å². The van der Waals surface area contributed by atoms with E-state index in [-0.39, 0.29) is 0 Å². The number of amides is 14. The van der Waals surface area contributed by atoms with Gasteiger partial charge in [0.2, 0.25) is 0 Å². The quantitative estimate of drug-likeness (QED) is 0.179. The molecule has 21 heteroatoms. The van der Waals surface area contributed by atoms with Crippen molar-refractivity contribution in [1.29, 1.82) is 0 Å². The number of hydrogen-bond donors (Lipinski definition) is 14. The van der Waals surface area contributed by atoms with Gasteiger partial charge < -0.3 is 80.3 Å². The van der Waals surface area contributed by atoms with Crippen molar-refractivity contribution in [2.45, 2.75) is 0 Å². The number of nitrogens with two attached hydrogens (primary N) is 14. The van der Waals surface area contributed by atoms with Gasteiger partial charge in [0, 0.05) is 0 Å². The highest BCUT2D eigenvalue weighted by molar-refractivity contribution is 5.70. The maximum absolute atomic E-state index is 9.00. The number of carbonyl (C=O) groups is 7. The average molecular weight is 420 g/mol.